The molecule has 0 amide bonds. The van der Waals surface area contributed by atoms with Gasteiger partial charge in [0.25, 0.3) is 0 Å². The van der Waals surface area contributed by atoms with Gasteiger partial charge >= 0.3 is 0 Å². The minimum absolute atomic E-state index is 0. The molecule has 16 atom stereocenters. The van der Waals surface area contributed by atoms with Crippen LogP contribution in [0.25, 0.3) is 0 Å². The lowest BCUT2D eigenvalue weighted by atomic mass is 9.86. The predicted molar refractivity (Wildman–Crippen MR) is 300 cm³/mol. The van der Waals surface area contributed by atoms with Crippen molar-refractivity contribution in [2.24, 2.45) is 47.3 Å². The fraction of sp³-hybridized carbons (Fsp3) is 0.852. The maximum Gasteiger partial charge on any atom is 0.129 e. The van der Waals surface area contributed by atoms with Crippen molar-refractivity contribution in [1.29, 1.82) is 0 Å². The Balaban J connectivity index is -0.000000495. The summed E-state index contributed by atoms with van der Waals surface area (Å²) in [5.41, 5.74) is -3.39. The fourth-order valence-electron chi connectivity index (χ4n) is 10.1. The molecule has 498 valence electrons. The summed E-state index contributed by atoms with van der Waals surface area (Å²) >= 11 is 0. The second-order valence-corrected chi connectivity index (χ2v) is 26.8. The Bertz CT molecular complexity index is 2000. The van der Waals surface area contributed by atoms with Gasteiger partial charge in [-0.25, -0.2) is 8.78 Å². The number of aliphatic hydroxyl groups is 3. The quantitative estimate of drug-likeness (QED) is 0.0844. The molecule has 4 saturated heterocycles. The third kappa shape index (κ3) is 30.8. The molecule has 3 N–H and O–H groups in total. The zero-order valence-corrected chi connectivity index (χ0v) is 51.0. The summed E-state index contributed by atoms with van der Waals surface area (Å²) in [6.07, 6.45) is 1.18. The number of ether oxygens (including phenoxy) is 8. The zero-order valence-electron chi connectivity index (χ0n) is 47.4. The summed E-state index contributed by atoms with van der Waals surface area (Å²) in [7, 11) is -18.5. The van der Waals surface area contributed by atoms with Gasteiger partial charge in [-0.05, 0) is 113 Å². The normalized spacial score (nSPS) is 30.5. The van der Waals surface area contributed by atoms with Crippen molar-refractivity contribution in [2.75, 3.05) is 46.8 Å². The molecule has 0 saturated carbocycles. The summed E-state index contributed by atoms with van der Waals surface area (Å²) < 4.78 is 114. The first-order valence-electron chi connectivity index (χ1n) is 26.4. The van der Waals surface area contributed by atoms with Gasteiger partial charge < -0.3 is 111 Å². The molecule has 0 radical (unpaired) electrons. The molecule has 0 aromatic rings. The number of methoxy groups -OCH3 is 1. The molecule has 0 bridgehead atoms. The van der Waals surface area contributed by atoms with Crippen LogP contribution < -0.4 is 39.1 Å². The molecule has 4 fully saturated rings. The zero-order chi connectivity index (χ0) is 61.0. The van der Waals surface area contributed by atoms with Crippen LogP contribution >= 0.6 is 30.4 Å². The van der Waals surface area contributed by atoms with Crippen LogP contribution in [0.2, 0.25) is 0 Å². The molecule has 23 nitrogen and oxygen atoms in total. The van der Waals surface area contributed by atoms with Gasteiger partial charge in [0.05, 0.1) is 73.2 Å². The van der Waals surface area contributed by atoms with Gasteiger partial charge in [-0.1, -0.05) is 109 Å². The average Bonchev–Trinajstić information content (AvgIpc) is 4.02. The second-order valence-electron chi connectivity index (χ2n) is 21.2. The highest BCUT2D eigenvalue weighted by molar-refractivity contribution is 7.53. The molecular weight excluding hydrogens is 1180 g/mol. The molecule has 0 spiro atoms. The van der Waals surface area contributed by atoms with Crippen molar-refractivity contribution < 1.29 is 119 Å². The van der Waals surface area contributed by atoms with Crippen LogP contribution in [0, 0.1) is 47.3 Å². The van der Waals surface area contributed by atoms with Gasteiger partial charge in [-0.3, -0.25) is 0 Å². The van der Waals surface area contributed by atoms with Crippen LogP contribution in [0.1, 0.15) is 132 Å². The fourth-order valence-corrected chi connectivity index (χ4v) is 11.5. The van der Waals surface area contributed by atoms with E-state index in [1.807, 2.05) is 69.2 Å². The number of halogens is 2. The molecule has 29 heteroatoms. The summed E-state index contributed by atoms with van der Waals surface area (Å²) in [5.74, 6) is 1.44. The maximum atomic E-state index is 13.4. The minimum Gasteiger partial charge on any atom is -0.808 e. The minimum atomic E-state index is -5.39. The molecule has 4 rings (SSSR count). The Morgan fingerprint density at radius 1 is 0.458 bits per heavy atom. The first-order valence-corrected chi connectivity index (χ1v) is 32.7. The molecule has 83 heavy (non-hydrogen) atoms. The summed E-state index contributed by atoms with van der Waals surface area (Å²) in [5, 5.41) is 26.3. The predicted octanol–water partition coefficient (Wildman–Crippen LogP) is 4.35. The van der Waals surface area contributed by atoms with Gasteiger partial charge in [-0.15, -0.1) is 0 Å². The Morgan fingerprint density at radius 2 is 0.687 bits per heavy atom. The lowest BCUT2D eigenvalue weighted by molar-refractivity contribution is -0.313. The van der Waals surface area contributed by atoms with Crippen LogP contribution in [-0.4, -0.2) is 135 Å². The lowest BCUT2D eigenvalue weighted by Gasteiger charge is -2.29. The Hall–Kier alpha value is -1.02. The van der Waals surface area contributed by atoms with E-state index in [9.17, 15) is 66.2 Å². The van der Waals surface area contributed by atoms with E-state index in [0.29, 0.717) is 50.7 Å². The third-order valence-electron chi connectivity index (χ3n) is 13.6. The molecule has 0 aliphatic carbocycles. The van der Waals surface area contributed by atoms with Gasteiger partial charge in [0.2, 0.25) is 0 Å². The van der Waals surface area contributed by atoms with Crippen LogP contribution in [0.15, 0.2) is 47.1 Å². The molecule has 4 aliphatic rings. The Kier molecular flexibility index (Phi) is 44.0. The summed E-state index contributed by atoms with van der Waals surface area (Å²) in [6, 6.07) is 0. The van der Waals surface area contributed by atoms with Gasteiger partial charge in [0, 0.05) is 70.4 Å². The van der Waals surface area contributed by atoms with E-state index in [-0.39, 0.29) is 152 Å². The molecule has 4 unspecified atom stereocenters. The highest BCUT2D eigenvalue weighted by Crippen LogP contribution is 2.44. The van der Waals surface area contributed by atoms with Gasteiger partial charge in [0.15, 0.2) is 0 Å². The number of rotatable bonds is 25. The number of hydrogen-bond acceptors (Lipinski definition) is 23. The van der Waals surface area contributed by atoms with E-state index in [1.54, 1.807) is 21.0 Å². The number of hydrogen-bond donors (Lipinski definition) is 3. The van der Waals surface area contributed by atoms with Crippen LogP contribution in [0.5, 0.6) is 0 Å². The highest BCUT2D eigenvalue weighted by atomic mass is 31.2. The first kappa shape index (κ1) is 88.4. The van der Waals surface area contributed by atoms with E-state index >= 15 is 0 Å². The van der Waals surface area contributed by atoms with E-state index in [1.165, 1.54) is 12.2 Å². The largest absolute Gasteiger partial charge is 0.808 e. The smallest absolute Gasteiger partial charge is 0.129 e. The number of aliphatic hydroxyl groups excluding tert-OH is 3. The molecule has 0 aromatic heterocycles. The first-order chi connectivity index (χ1) is 36.4. The highest BCUT2D eigenvalue weighted by Gasteiger charge is 2.47. The van der Waals surface area contributed by atoms with Crippen molar-refractivity contribution in [3.8, 4) is 0 Å². The topological polar surface area (TPSA) is 387 Å². The van der Waals surface area contributed by atoms with Crippen molar-refractivity contribution in [3.05, 3.63) is 47.1 Å². The van der Waals surface area contributed by atoms with Crippen molar-refractivity contribution >= 4 is 30.4 Å². The van der Waals surface area contributed by atoms with E-state index in [4.69, 9.17) is 53.2 Å². The SMILES string of the molecule is C.C.C.C.CC(C)C1[C@@H](OCCCO)[C@H](C)O[C@@H]1/C=C(/F)P(=O)([O-])[O-].CC(C)C1[C@@H](OCCCO)[C@H](C)O[C@@H]1/C=C(\F)P(=O)([O-])[O-].CC(C)C1[C@@H](OCCCO)[C@H](C)O[C@@H]1/C=C/P(=O)([O-])[O-].CO[C@@H]1C(C(C)C)[C@@H](/C=C\P(=O)([O-])[O-])O[C@H]1C. The lowest BCUT2D eigenvalue weighted by Crippen LogP contribution is -2.33. The van der Waals surface area contributed by atoms with Crippen LogP contribution in [0.3, 0.4) is 0 Å². The van der Waals surface area contributed by atoms with Gasteiger partial charge in [-0.2, -0.15) is 0 Å². The molecule has 0 aromatic carbocycles. The monoisotopic (exact) mass is 1280 g/mol. The average molecular weight is 1280 g/mol. The van der Waals surface area contributed by atoms with Crippen molar-refractivity contribution in [3.63, 3.8) is 0 Å². The maximum absolute atomic E-state index is 13.4. The second kappa shape index (κ2) is 41.3. The summed E-state index contributed by atoms with van der Waals surface area (Å²) in [4.78, 5) is 85.3. The van der Waals surface area contributed by atoms with E-state index < -0.39 is 59.8 Å². The van der Waals surface area contributed by atoms with Crippen molar-refractivity contribution in [1.82, 2.24) is 0 Å². The van der Waals surface area contributed by atoms with Crippen LogP contribution in [-0.2, 0) is 56.2 Å². The Labute approximate surface area is 494 Å². The van der Waals surface area contributed by atoms with E-state index in [2.05, 4.69) is 0 Å². The van der Waals surface area contributed by atoms with Gasteiger partial charge in [0.1, 0.15) is 11.1 Å². The third-order valence-corrected chi connectivity index (χ3v) is 16.0. The molecule has 4 aliphatic heterocycles. The van der Waals surface area contributed by atoms with Crippen molar-refractivity contribution in [2.45, 2.75) is 205 Å². The summed E-state index contributed by atoms with van der Waals surface area (Å²) in [6.45, 7) is 24.0. The van der Waals surface area contributed by atoms with Crippen LogP contribution in [0.4, 0.5) is 8.78 Å². The Morgan fingerprint density at radius 3 is 0.904 bits per heavy atom. The molecule has 4 heterocycles. The van der Waals surface area contributed by atoms with E-state index in [0.717, 1.165) is 12.2 Å². The molecular formula is C54H102F2O23P4-8. The standard InChI is InChI=1S/2C13H24FO6P.C13H25O6P.C11H21O5P.4CH4/c2*1-8(2)12-10(7-11(14)21(16,17)18)20-9(3)13(12)19-6-4-5-15;1-9(2)12-11(5-8-20(15,16)17)19-10(3)13(12)18-7-4-6-14;1-7(2)10-9(5-6-17(12,13)14)16-8(3)11(10)15-4;;;;/h2*7-10,12-13,15H,4-6H2,1-3H3,(H2,16,17,18);5,8-14H,4,6-7H2,1-3H3,(H2,15,16,17);5-11H,1-4H3,(H2,12,13,14);4*1H4/p-8/b11-7+;11-7-;8-5+;6-5-;;;;/t2*9-,10+,12?,13-;10-,11+,12?,13-;8-,9+,10?,11-;;;;/m0000..../s1.